The van der Waals surface area contributed by atoms with Crippen LogP contribution in [-0.4, -0.2) is 16.9 Å². The minimum absolute atomic E-state index is 0.0340. The van der Waals surface area contributed by atoms with Crippen LogP contribution in [0.15, 0.2) is 47.1 Å². The Labute approximate surface area is 161 Å². The quantitative estimate of drug-likeness (QED) is 0.694. The predicted octanol–water partition coefficient (Wildman–Crippen LogP) is 5.25. The molecular formula is C24H30O3. The summed E-state index contributed by atoms with van der Waals surface area (Å²) < 4.78 is 0. The molecule has 0 saturated heterocycles. The van der Waals surface area contributed by atoms with Crippen molar-refractivity contribution in [3.05, 3.63) is 47.1 Å². The number of fused-ring (bicyclic) bond motifs is 4. The SMILES string of the molecule is C[C@H](/C=C/C(=O)O)[C@H]1CCC2C3=C(CC[C@@]21C)[C@@]1(C)CCC(=O)C=C1C=C3. The maximum Gasteiger partial charge on any atom is 0.327 e. The number of carbonyl (C=O) groups excluding carboxylic acids is 1. The van der Waals surface area contributed by atoms with E-state index in [1.807, 2.05) is 12.2 Å². The molecule has 0 aromatic carbocycles. The van der Waals surface area contributed by atoms with E-state index in [4.69, 9.17) is 5.11 Å². The molecule has 27 heavy (non-hydrogen) atoms. The molecule has 4 rings (SSSR count). The van der Waals surface area contributed by atoms with Crippen LogP contribution in [0.3, 0.4) is 0 Å². The molecule has 1 N–H and O–H groups in total. The summed E-state index contributed by atoms with van der Waals surface area (Å²) in [7, 11) is 0. The number of aliphatic carboxylic acids is 1. The number of carboxylic acids is 1. The standard InChI is InChI=1S/C24H30O3/c1-15(4-9-22(26)27)19-7-8-20-18-6-5-16-14-17(25)10-12-23(16,2)21(18)11-13-24(19,20)3/h4-6,9,14-15,19-20H,7-8,10-13H2,1-3H3,(H,26,27)/b9-4+/t15-,19-,20?,23+,24-/m1/s1. The van der Waals surface area contributed by atoms with Crippen LogP contribution in [0.25, 0.3) is 0 Å². The van der Waals surface area contributed by atoms with E-state index in [9.17, 15) is 9.59 Å². The van der Waals surface area contributed by atoms with Gasteiger partial charge in [-0.05, 0) is 72.5 Å². The monoisotopic (exact) mass is 366 g/mol. The zero-order chi connectivity index (χ0) is 19.4. The maximum atomic E-state index is 11.9. The highest BCUT2D eigenvalue weighted by Gasteiger charge is 2.53. The fourth-order valence-corrected chi connectivity index (χ4v) is 6.59. The Bertz CT molecular complexity index is 811. The van der Waals surface area contributed by atoms with E-state index in [1.54, 1.807) is 5.57 Å². The van der Waals surface area contributed by atoms with Gasteiger partial charge < -0.3 is 5.11 Å². The normalized spacial score (nSPS) is 39.1. The summed E-state index contributed by atoms with van der Waals surface area (Å²) in [6.45, 7) is 6.93. The summed E-state index contributed by atoms with van der Waals surface area (Å²) in [5, 5.41) is 8.98. The lowest BCUT2D eigenvalue weighted by Gasteiger charge is -2.50. The smallest absolute Gasteiger partial charge is 0.327 e. The average Bonchev–Trinajstić information content (AvgIpc) is 2.97. The van der Waals surface area contributed by atoms with Crippen LogP contribution in [0.1, 0.15) is 59.3 Å². The molecule has 4 aliphatic carbocycles. The van der Waals surface area contributed by atoms with Crippen LogP contribution in [0.5, 0.6) is 0 Å². The number of allylic oxidation sites excluding steroid dienone is 7. The molecule has 3 heteroatoms. The Balaban J connectivity index is 1.67. The molecule has 5 atom stereocenters. The van der Waals surface area contributed by atoms with Crippen LogP contribution in [0, 0.1) is 28.6 Å². The van der Waals surface area contributed by atoms with Crippen molar-refractivity contribution in [2.24, 2.45) is 28.6 Å². The minimum Gasteiger partial charge on any atom is -0.478 e. The molecule has 4 aliphatic rings. The van der Waals surface area contributed by atoms with Gasteiger partial charge in [0.15, 0.2) is 5.78 Å². The van der Waals surface area contributed by atoms with Crippen molar-refractivity contribution in [2.75, 3.05) is 0 Å². The van der Waals surface area contributed by atoms with Gasteiger partial charge in [-0.3, -0.25) is 4.79 Å². The molecule has 144 valence electrons. The third-order valence-electron chi connectivity index (χ3n) is 8.16. The van der Waals surface area contributed by atoms with Crippen molar-refractivity contribution < 1.29 is 14.7 Å². The highest BCUT2D eigenvalue weighted by atomic mass is 16.4. The highest BCUT2D eigenvalue weighted by Crippen LogP contribution is 2.63. The van der Waals surface area contributed by atoms with Gasteiger partial charge in [0.05, 0.1) is 0 Å². The van der Waals surface area contributed by atoms with Gasteiger partial charge in [-0.2, -0.15) is 0 Å². The van der Waals surface area contributed by atoms with E-state index in [0.717, 1.165) is 25.7 Å². The Morgan fingerprint density at radius 2 is 2.00 bits per heavy atom. The summed E-state index contributed by atoms with van der Waals surface area (Å²) in [5.74, 6) is 0.767. The van der Waals surface area contributed by atoms with Crippen LogP contribution in [0.2, 0.25) is 0 Å². The second-order valence-electron chi connectivity index (χ2n) is 9.46. The van der Waals surface area contributed by atoms with E-state index in [0.29, 0.717) is 18.3 Å². The van der Waals surface area contributed by atoms with Gasteiger partial charge in [0.1, 0.15) is 0 Å². The molecule has 0 radical (unpaired) electrons. The van der Waals surface area contributed by atoms with E-state index in [1.165, 1.54) is 23.6 Å². The van der Waals surface area contributed by atoms with E-state index in [-0.39, 0.29) is 22.5 Å². The molecule has 3 nitrogen and oxygen atoms in total. The van der Waals surface area contributed by atoms with Gasteiger partial charge in [0, 0.05) is 17.9 Å². The van der Waals surface area contributed by atoms with Gasteiger partial charge in [-0.25, -0.2) is 4.79 Å². The second kappa shape index (κ2) is 6.32. The molecule has 1 fully saturated rings. The summed E-state index contributed by atoms with van der Waals surface area (Å²) in [6.07, 6.45) is 15.8. The first-order valence-corrected chi connectivity index (χ1v) is 10.3. The Kier molecular flexibility index (Phi) is 4.32. The first-order chi connectivity index (χ1) is 12.8. The van der Waals surface area contributed by atoms with Crippen molar-refractivity contribution in [2.45, 2.75) is 59.3 Å². The van der Waals surface area contributed by atoms with E-state index in [2.05, 4.69) is 32.9 Å². The lowest BCUT2D eigenvalue weighted by molar-refractivity contribution is -0.131. The lowest BCUT2D eigenvalue weighted by atomic mass is 9.54. The summed E-state index contributed by atoms with van der Waals surface area (Å²) >= 11 is 0. The summed E-state index contributed by atoms with van der Waals surface area (Å²) in [5.41, 5.74) is 4.56. The third-order valence-corrected chi connectivity index (χ3v) is 8.16. The van der Waals surface area contributed by atoms with Crippen LogP contribution in [-0.2, 0) is 9.59 Å². The first-order valence-electron chi connectivity index (χ1n) is 10.3. The van der Waals surface area contributed by atoms with Gasteiger partial charge in [-0.15, -0.1) is 0 Å². The van der Waals surface area contributed by atoms with Gasteiger partial charge in [0.25, 0.3) is 0 Å². The molecule has 0 aliphatic heterocycles. The zero-order valence-corrected chi connectivity index (χ0v) is 16.6. The van der Waals surface area contributed by atoms with Gasteiger partial charge >= 0.3 is 5.97 Å². The third kappa shape index (κ3) is 2.78. The second-order valence-corrected chi connectivity index (χ2v) is 9.46. The lowest BCUT2D eigenvalue weighted by Crippen LogP contribution is -2.40. The van der Waals surface area contributed by atoms with Crippen LogP contribution >= 0.6 is 0 Å². The number of hydrogen-bond donors (Lipinski definition) is 1. The van der Waals surface area contributed by atoms with Crippen molar-refractivity contribution in [1.29, 1.82) is 0 Å². The number of carbonyl (C=O) groups is 2. The average molecular weight is 367 g/mol. The van der Waals surface area contributed by atoms with E-state index >= 15 is 0 Å². The Morgan fingerprint density at radius 1 is 1.22 bits per heavy atom. The highest BCUT2D eigenvalue weighted by molar-refractivity contribution is 5.92. The van der Waals surface area contributed by atoms with Crippen LogP contribution in [0.4, 0.5) is 0 Å². The van der Waals surface area contributed by atoms with E-state index < -0.39 is 5.97 Å². The number of rotatable bonds is 3. The number of hydrogen-bond acceptors (Lipinski definition) is 2. The molecule has 0 heterocycles. The Hall–Kier alpha value is -1.90. The largest absolute Gasteiger partial charge is 0.478 e. The van der Waals surface area contributed by atoms with Gasteiger partial charge in [-0.1, -0.05) is 44.6 Å². The van der Waals surface area contributed by atoms with Gasteiger partial charge in [0.2, 0.25) is 0 Å². The summed E-state index contributed by atoms with van der Waals surface area (Å²) in [4.78, 5) is 22.8. The first kappa shape index (κ1) is 18.5. The van der Waals surface area contributed by atoms with Crippen molar-refractivity contribution in [1.82, 2.24) is 0 Å². The molecule has 0 bridgehead atoms. The topological polar surface area (TPSA) is 54.4 Å². The number of ketones is 1. The molecule has 0 spiro atoms. The molecule has 0 aromatic heterocycles. The molecule has 0 aromatic rings. The number of carboxylic acid groups (broad SMARTS) is 1. The van der Waals surface area contributed by atoms with Crippen LogP contribution < -0.4 is 0 Å². The fraction of sp³-hybridized carbons (Fsp3) is 0.583. The molecule has 1 unspecified atom stereocenters. The molecule has 1 saturated carbocycles. The maximum absolute atomic E-state index is 11.9. The van der Waals surface area contributed by atoms with Crippen molar-refractivity contribution in [3.8, 4) is 0 Å². The van der Waals surface area contributed by atoms with Crippen molar-refractivity contribution in [3.63, 3.8) is 0 Å². The summed E-state index contributed by atoms with van der Waals surface area (Å²) in [6, 6.07) is 0. The minimum atomic E-state index is -0.857. The Morgan fingerprint density at radius 3 is 2.74 bits per heavy atom. The predicted molar refractivity (Wildman–Crippen MR) is 106 cm³/mol. The zero-order valence-electron chi connectivity index (χ0n) is 16.6. The molecular weight excluding hydrogens is 336 g/mol. The fourth-order valence-electron chi connectivity index (χ4n) is 6.59. The molecule has 0 amide bonds. The van der Waals surface area contributed by atoms with Crippen molar-refractivity contribution >= 4 is 11.8 Å².